The first-order valence-electron chi connectivity index (χ1n) is 11.5. The summed E-state index contributed by atoms with van der Waals surface area (Å²) < 4.78 is 29.4. The van der Waals surface area contributed by atoms with Crippen LogP contribution in [-0.4, -0.2) is 49.6 Å². The lowest BCUT2D eigenvalue weighted by molar-refractivity contribution is 0.286. The fourth-order valence-corrected chi connectivity index (χ4v) is 4.65. The number of benzene rings is 2. The highest BCUT2D eigenvalue weighted by atomic mass is 32.1. The van der Waals surface area contributed by atoms with Crippen molar-refractivity contribution in [2.75, 3.05) is 35.0 Å². The van der Waals surface area contributed by atoms with Crippen LogP contribution in [0.1, 0.15) is 31.7 Å². The molecule has 0 atom stereocenters. The van der Waals surface area contributed by atoms with Gasteiger partial charge in [0, 0.05) is 5.56 Å². The summed E-state index contributed by atoms with van der Waals surface area (Å²) in [5.74, 6) is 3.12. The Kier molecular flexibility index (Phi) is 7.94. The van der Waals surface area contributed by atoms with Gasteiger partial charge in [0.25, 0.3) is 5.56 Å². The zero-order chi connectivity index (χ0) is 25.7. The van der Waals surface area contributed by atoms with Gasteiger partial charge in [0.05, 0.1) is 39.6 Å². The van der Waals surface area contributed by atoms with Crippen LogP contribution in [0.4, 0.5) is 0 Å². The highest BCUT2D eigenvalue weighted by Gasteiger charge is 2.18. The van der Waals surface area contributed by atoms with Gasteiger partial charge >= 0.3 is 0 Å². The molecular weight excluding hydrogens is 482 g/mol. The predicted molar refractivity (Wildman–Crippen MR) is 139 cm³/mol. The Hall–Kier alpha value is -3.79. The first-order chi connectivity index (χ1) is 17.5. The van der Waals surface area contributed by atoms with E-state index in [1.165, 1.54) is 37.2 Å². The summed E-state index contributed by atoms with van der Waals surface area (Å²) >= 11 is 1.26. The molecule has 190 valence electrons. The Morgan fingerprint density at radius 3 is 2.25 bits per heavy atom. The largest absolute Gasteiger partial charge is 0.493 e. The standard InChI is InChI=1S/C26H29N3O6S/c1-6-7-8-11-35-18-10-9-16(12-19(18)31-2)13-22-25(30)29-26(36-22)27-24(28-29)17-14-20(32-3)23(34-5)21(15-17)33-4/h9-10,12-15H,6-8,11H2,1-5H3/b22-13-. The van der Waals surface area contributed by atoms with Crippen molar-refractivity contribution in [2.24, 2.45) is 0 Å². The van der Waals surface area contributed by atoms with Crippen molar-refractivity contribution in [1.82, 2.24) is 14.6 Å². The molecule has 0 amide bonds. The average molecular weight is 512 g/mol. The molecule has 4 rings (SSSR count). The van der Waals surface area contributed by atoms with Crippen molar-refractivity contribution in [3.8, 4) is 40.1 Å². The minimum Gasteiger partial charge on any atom is -0.493 e. The van der Waals surface area contributed by atoms with Gasteiger partial charge in [0.2, 0.25) is 10.7 Å². The molecule has 9 nitrogen and oxygen atoms in total. The lowest BCUT2D eigenvalue weighted by Crippen LogP contribution is -2.23. The van der Waals surface area contributed by atoms with Gasteiger partial charge in [0.15, 0.2) is 28.8 Å². The molecule has 0 N–H and O–H groups in total. The lowest BCUT2D eigenvalue weighted by atomic mass is 10.1. The molecule has 2 heterocycles. The van der Waals surface area contributed by atoms with Crippen molar-refractivity contribution in [1.29, 1.82) is 0 Å². The first kappa shape index (κ1) is 25.3. The van der Waals surface area contributed by atoms with Gasteiger partial charge in [-0.05, 0) is 42.3 Å². The highest BCUT2D eigenvalue weighted by molar-refractivity contribution is 7.15. The molecule has 2 aromatic heterocycles. The number of nitrogens with zero attached hydrogens (tertiary/aromatic N) is 3. The summed E-state index contributed by atoms with van der Waals surface area (Å²) in [6.45, 7) is 2.79. The van der Waals surface area contributed by atoms with Crippen LogP contribution >= 0.6 is 11.3 Å². The van der Waals surface area contributed by atoms with E-state index in [4.69, 9.17) is 23.7 Å². The molecule has 0 radical (unpaired) electrons. The smallest absolute Gasteiger partial charge is 0.291 e. The Balaban J connectivity index is 1.65. The summed E-state index contributed by atoms with van der Waals surface area (Å²) in [5, 5.41) is 4.43. The zero-order valence-electron chi connectivity index (χ0n) is 21.0. The molecule has 0 saturated carbocycles. The SMILES string of the molecule is CCCCCOc1ccc(/C=c2\sc3nc(-c4cc(OC)c(OC)c(OC)c4)nn3c2=O)cc1OC. The number of aromatic nitrogens is 3. The van der Waals surface area contributed by atoms with Crippen LogP contribution in [0.15, 0.2) is 35.1 Å². The summed E-state index contributed by atoms with van der Waals surface area (Å²) in [4.78, 5) is 18.1. The summed E-state index contributed by atoms with van der Waals surface area (Å²) in [6, 6.07) is 9.10. The number of thiazole rings is 1. The van der Waals surface area contributed by atoms with Crippen LogP contribution in [0.3, 0.4) is 0 Å². The Morgan fingerprint density at radius 2 is 1.64 bits per heavy atom. The zero-order valence-corrected chi connectivity index (χ0v) is 21.8. The van der Waals surface area contributed by atoms with E-state index >= 15 is 0 Å². The topological polar surface area (TPSA) is 93.4 Å². The van der Waals surface area contributed by atoms with Crippen molar-refractivity contribution < 1.29 is 23.7 Å². The minimum absolute atomic E-state index is 0.250. The monoisotopic (exact) mass is 511 g/mol. The maximum Gasteiger partial charge on any atom is 0.291 e. The summed E-state index contributed by atoms with van der Waals surface area (Å²) in [5.41, 5.74) is 1.21. The third-order valence-corrected chi connectivity index (χ3v) is 6.55. The second-order valence-electron chi connectivity index (χ2n) is 7.93. The predicted octanol–water partition coefficient (Wildman–Crippen LogP) is 3.97. The third-order valence-electron chi connectivity index (χ3n) is 5.60. The summed E-state index contributed by atoms with van der Waals surface area (Å²) in [7, 11) is 6.22. The number of hydrogen-bond acceptors (Lipinski definition) is 9. The molecule has 2 aromatic carbocycles. The highest BCUT2D eigenvalue weighted by Crippen LogP contribution is 2.40. The van der Waals surface area contributed by atoms with Crippen LogP contribution in [0.5, 0.6) is 28.7 Å². The average Bonchev–Trinajstić information content (AvgIpc) is 3.45. The maximum atomic E-state index is 13.1. The Morgan fingerprint density at radius 1 is 0.917 bits per heavy atom. The number of hydrogen-bond donors (Lipinski definition) is 0. The molecule has 0 unspecified atom stereocenters. The molecule has 0 spiro atoms. The van der Waals surface area contributed by atoms with Crippen LogP contribution in [0.25, 0.3) is 22.4 Å². The Bertz CT molecular complexity index is 1440. The lowest BCUT2D eigenvalue weighted by Gasteiger charge is -2.12. The maximum absolute atomic E-state index is 13.1. The quantitative estimate of drug-likeness (QED) is 0.279. The number of unbranched alkanes of at least 4 members (excludes halogenated alkanes) is 2. The van der Waals surface area contributed by atoms with Crippen molar-refractivity contribution in [3.05, 3.63) is 50.8 Å². The van der Waals surface area contributed by atoms with Crippen LogP contribution < -0.4 is 33.8 Å². The van der Waals surface area contributed by atoms with Crippen LogP contribution in [-0.2, 0) is 0 Å². The first-order valence-corrected chi connectivity index (χ1v) is 12.4. The molecule has 0 aliphatic carbocycles. The van der Waals surface area contributed by atoms with E-state index in [1.54, 1.807) is 25.3 Å². The van der Waals surface area contributed by atoms with Crippen molar-refractivity contribution >= 4 is 22.4 Å². The molecule has 4 aromatic rings. The summed E-state index contributed by atoms with van der Waals surface area (Å²) in [6.07, 6.45) is 5.05. The number of rotatable bonds is 11. The fraction of sp³-hybridized carbons (Fsp3) is 0.346. The third kappa shape index (κ3) is 5.08. The van der Waals surface area contributed by atoms with Gasteiger partial charge in [-0.1, -0.05) is 37.2 Å². The molecule has 0 aliphatic rings. The van der Waals surface area contributed by atoms with Crippen LogP contribution in [0, 0.1) is 0 Å². The van der Waals surface area contributed by atoms with Crippen molar-refractivity contribution in [3.63, 3.8) is 0 Å². The molecule has 0 saturated heterocycles. The molecule has 10 heteroatoms. The second-order valence-corrected chi connectivity index (χ2v) is 8.93. The molecule has 0 fully saturated rings. The van der Waals surface area contributed by atoms with E-state index in [9.17, 15) is 4.79 Å². The van der Waals surface area contributed by atoms with E-state index in [2.05, 4.69) is 17.0 Å². The van der Waals surface area contributed by atoms with E-state index in [1.807, 2.05) is 18.2 Å². The Labute approximate surface area is 212 Å². The van der Waals surface area contributed by atoms with Gasteiger partial charge < -0.3 is 23.7 Å². The molecule has 0 aliphatic heterocycles. The van der Waals surface area contributed by atoms with Crippen LogP contribution in [0.2, 0.25) is 0 Å². The van der Waals surface area contributed by atoms with E-state index < -0.39 is 0 Å². The molecular formula is C26H29N3O6S. The number of methoxy groups -OCH3 is 4. The fourth-order valence-electron chi connectivity index (χ4n) is 3.74. The molecule has 0 bridgehead atoms. The normalized spacial score (nSPS) is 11.6. The van der Waals surface area contributed by atoms with Gasteiger partial charge in [-0.3, -0.25) is 4.79 Å². The van der Waals surface area contributed by atoms with Crippen molar-refractivity contribution in [2.45, 2.75) is 26.2 Å². The molecule has 36 heavy (non-hydrogen) atoms. The van der Waals surface area contributed by atoms with Gasteiger partial charge in [-0.25, -0.2) is 0 Å². The van der Waals surface area contributed by atoms with Gasteiger partial charge in [0.1, 0.15) is 0 Å². The van der Waals surface area contributed by atoms with E-state index in [-0.39, 0.29) is 5.56 Å². The minimum atomic E-state index is -0.250. The number of fused-ring (bicyclic) bond motifs is 1. The van der Waals surface area contributed by atoms with Gasteiger partial charge in [-0.15, -0.1) is 5.10 Å². The number of ether oxygens (including phenoxy) is 5. The second kappa shape index (κ2) is 11.3. The van der Waals surface area contributed by atoms with Gasteiger partial charge in [-0.2, -0.15) is 9.50 Å². The van der Waals surface area contributed by atoms with E-state index in [0.717, 1.165) is 24.8 Å². The van der Waals surface area contributed by atoms with E-state index in [0.29, 0.717) is 56.2 Å².